The predicted molar refractivity (Wildman–Crippen MR) is 108 cm³/mol. The van der Waals surface area contributed by atoms with Gasteiger partial charge in [-0.1, -0.05) is 28.7 Å². The lowest BCUT2D eigenvalue weighted by molar-refractivity contribution is -0.120. The molecule has 1 aliphatic heterocycles. The molecule has 1 N–H and O–H groups in total. The summed E-state index contributed by atoms with van der Waals surface area (Å²) in [5.41, 5.74) is 2.86. The number of fused-ring (bicyclic) bond motifs is 2. The fraction of sp³-hybridized carbons (Fsp3) is 0.211. The van der Waals surface area contributed by atoms with E-state index in [1.165, 1.54) is 40.4 Å². The monoisotopic (exact) mass is 398 g/mol. The fourth-order valence-electron chi connectivity index (χ4n) is 3.11. The van der Waals surface area contributed by atoms with Crippen LogP contribution in [0.5, 0.6) is 0 Å². The second kappa shape index (κ2) is 6.24. The highest BCUT2D eigenvalue weighted by Crippen LogP contribution is 2.34. The van der Waals surface area contributed by atoms with Crippen LogP contribution in [0.2, 0.25) is 0 Å². The molecule has 2 aromatic carbocycles. The number of nitrogens with zero attached hydrogens (tertiary/aromatic N) is 3. The van der Waals surface area contributed by atoms with E-state index < -0.39 is 0 Å². The van der Waals surface area contributed by atoms with Crippen LogP contribution >= 0.6 is 22.7 Å². The number of aromatic nitrogens is 2. The van der Waals surface area contributed by atoms with Crippen LogP contribution in [-0.4, -0.2) is 29.0 Å². The number of hydrogen-bond donors (Lipinski definition) is 1. The molecule has 0 bridgehead atoms. The van der Waals surface area contributed by atoms with Crippen molar-refractivity contribution in [3.05, 3.63) is 47.8 Å². The zero-order valence-corrected chi connectivity index (χ0v) is 16.0. The quantitative estimate of drug-likeness (QED) is 0.555. The van der Waals surface area contributed by atoms with Gasteiger partial charge in [0.1, 0.15) is 5.82 Å². The Kier molecular flexibility index (Phi) is 3.84. The van der Waals surface area contributed by atoms with Gasteiger partial charge in [0.25, 0.3) is 0 Å². The summed E-state index contributed by atoms with van der Waals surface area (Å²) in [7, 11) is 0. The molecule has 4 aromatic rings. The van der Waals surface area contributed by atoms with Gasteiger partial charge in [0.15, 0.2) is 10.3 Å². The minimum atomic E-state index is -0.260. The number of amides is 1. The number of carbonyl (C=O) groups excluding carboxylic acids is 1. The minimum absolute atomic E-state index is 0.0193. The molecule has 0 unspecified atom stereocenters. The van der Waals surface area contributed by atoms with Gasteiger partial charge < -0.3 is 10.2 Å². The Labute approximate surface area is 162 Å². The number of halogens is 1. The third kappa shape index (κ3) is 3.04. The second-order valence-electron chi connectivity index (χ2n) is 6.69. The van der Waals surface area contributed by atoms with Crippen LogP contribution in [0.4, 0.5) is 14.7 Å². The van der Waals surface area contributed by atoms with Crippen molar-refractivity contribution in [1.29, 1.82) is 0 Å². The molecule has 0 aliphatic carbocycles. The topological polar surface area (TPSA) is 58.1 Å². The molecule has 0 atom stereocenters. The number of hydrogen-bond acceptors (Lipinski definition) is 6. The lowest BCUT2D eigenvalue weighted by Crippen LogP contribution is -2.52. The maximum absolute atomic E-state index is 13.3. The van der Waals surface area contributed by atoms with E-state index in [9.17, 15) is 9.18 Å². The highest BCUT2D eigenvalue weighted by atomic mass is 32.1. The highest BCUT2D eigenvalue weighted by Gasteiger charge is 2.34. The summed E-state index contributed by atoms with van der Waals surface area (Å²) >= 11 is 2.94. The zero-order chi connectivity index (χ0) is 18.5. The third-order valence-electron chi connectivity index (χ3n) is 4.64. The number of aryl methyl sites for hydroxylation is 1. The van der Waals surface area contributed by atoms with Crippen LogP contribution in [0, 0.1) is 18.7 Å². The second-order valence-corrected chi connectivity index (χ2v) is 8.73. The summed E-state index contributed by atoms with van der Waals surface area (Å²) in [5.74, 6) is -0.374. The Morgan fingerprint density at radius 3 is 2.70 bits per heavy atom. The van der Waals surface area contributed by atoms with Crippen LogP contribution < -0.4 is 10.2 Å². The number of nitrogens with one attached hydrogen (secondary N) is 1. The summed E-state index contributed by atoms with van der Waals surface area (Å²) in [4.78, 5) is 23.5. The molecule has 27 heavy (non-hydrogen) atoms. The fourth-order valence-corrected chi connectivity index (χ4v) is 5.09. The molecule has 1 fully saturated rings. The molecule has 0 spiro atoms. The zero-order valence-electron chi connectivity index (χ0n) is 14.4. The van der Waals surface area contributed by atoms with Gasteiger partial charge in [0.2, 0.25) is 5.91 Å². The van der Waals surface area contributed by atoms with Crippen molar-refractivity contribution < 1.29 is 9.18 Å². The van der Waals surface area contributed by atoms with Gasteiger partial charge in [-0.25, -0.2) is 14.4 Å². The molecular formula is C19H15FN4OS2. The van der Waals surface area contributed by atoms with Crippen LogP contribution in [0.1, 0.15) is 5.56 Å². The van der Waals surface area contributed by atoms with E-state index in [0.717, 1.165) is 25.6 Å². The van der Waals surface area contributed by atoms with Crippen molar-refractivity contribution in [2.75, 3.05) is 23.3 Å². The van der Waals surface area contributed by atoms with Crippen molar-refractivity contribution in [2.45, 2.75) is 6.92 Å². The first-order valence-electron chi connectivity index (χ1n) is 8.54. The standard InChI is InChI=1S/C19H15FN4OS2/c1-10-2-4-13-15(6-10)26-18(21-13)23-17(25)11-8-24(9-11)19-22-14-5-3-12(20)7-16(14)27-19/h2-7,11H,8-9H2,1H3,(H,21,23,25). The van der Waals surface area contributed by atoms with E-state index in [4.69, 9.17) is 0 Å². The maximum atomic E-state index is 13.3. The van der Waals surface area contributed by atoms with Crippen LogP contribution in [0.25, 0.3) is 20.4 Å². The molecule has 8 heteroatoms. The number of carbonyl (C=O) groups is 1. The average Bonchev–Trinajstić information content (AvgIpc) is 3.15. The first-order valence-corrected chi connectivity index (χ1v) is 10.2. The van der Waals surface area contributed by atoms with Crippen LogP contribution in [0.15, 0.2) is 36.4 Å². The van der Waals surface area contributed by atoms with Gasteiger partial charge >= 0.3 is 0 Å². The van der Waals surface area contributed by atoms with E-state index in [-0.39, 0.29) is 17.6 Å². The van der Waals surface area contributed by atoms with Gasteiger partial charge in [0.05, 0.1) is 26.4 Å². The molecule has 1 amide bonds. The lowest BCUT2D eigenvalue weighted by atomic mass is 10.0. The van der Waals surface area contributed by atoms with E-state index in [2.05, 4.69) is 26.3 Å². The Morgan fingerprint density at radius 2 is 1.85 bits per heavy atom. The van der Waals surface area contributed by atoms with Crippen molar-refractivity contribution in [3.8, 4) is 0 Å². The van der Waals surface area contributed by atoms with Crippen molar-refractivity contribution >= 4 is 59.3 Å². The third-order valence-corrected chi connectivity index (χ3v) is 6.65. The van der Waals surface area contributed by atoms with Crippen LogP contribution in [-0.2, 0) is 4.79 Å². The van der Waals surface area contributed by atoms with Crippen molar-refractivity contribution in [1.82, 2.24) is 9.97 Å². The Hall–Kier alpha value is -2.58. The molecule has 5 rings (SSSR count). The largest absolute Gasteiger partial charge is 0.346 e. The molecule has 0 saturated carbocycles. The molecule has 1 aliphatic rings. The predicted octanol–water partition coefficient (Wildman–Crippen LogP) is 4.43. The normalized spacial score (nSPS) is 14.7. The van der Waals surface area contributed by atoms with Crippen LogP contribution in [0.3, 0.4) is 0 Å². The maximum Gasteiger partial charge on any atom is 0.232 e. The highest BCUT2D eigenvalue weighted by molar-refractivity contribution is 7.22. The number of benzene rings is 2. The summed E-state index contributed by atoms with van der Waals surface area (Å²) in [5, 5.41) is 4.40. The lowest BCUT2D eigenvalue weighted by Gasteiger charge is -2.37. The molecular weight excluding hydrogens is 383 g/mol. The van der Waals surface area contributed by atoms with E-state index in [0.29, 0.717) is 18.2 Å². The number of anilines is 2. The van der Waals surface area contributed by atoms with Gasteiger partial charge in [-0.15, -0.1) is 0 Å². The summed E-state index contributed by atoms with van der Waals surface area (Å²) in [6.45, 7) is 3.26. The number of thiazole rings is 2. The molecule has 2 aromatic heterocycles. The smallest absolute Gasteiger partial charge is 0.232 e. The van der Waals surface area contributed by atoms with Crippen molar-refractivity contribution in [3.63, 3.8) is 0 Å². The summed E-state index contributed by atoms with van der Waals surface area (Å²) in [6, 6.07) is 10.7. The average molecular weight is 398 g/mol. The van der Waals surface area contributed by atoms with E-state index in [1.807, 2.05) is 19.1 Å². The molecule has 5 nitrogen and oxygen atoms in total. The van der Waals surface area contributed by atoms with Gasteiger partial charge in [0, 0.05) is 13.1 Å². The Morgan fingerprint density at radius 1 is 1.11 bits per heavy atom. The number of rotatable bonds is 3. The Bertz CT molecular complexity index is 1180. The van der Waals surface area contributed by atoms with E-state index >= 15 is 0 Å². The summed E-state index contributed by atoms with van der Waals surface area (Å²) < 4.78 is 15.2. The molecule has 3 heterocycles. The molecule has 136 valence electrons. The first-order chi connectivity index (χ1) is 13.0. The van der Waals surface area contributed by atoms with E-state index in [1.54, 1.807) is 6.07 Å². The minimum Gasteiger partial charge on any atom is -0.346 e. The van der Waals surface area contributed by atoms with Gasteiger partial charge in [-0.05, 0) is 42.8 Å². The first kappa shape index (κ1) is 16.6. The molecule has 0 radical (unpaired) electrons. The van der Waals surface area contributed by atoms with Gasteiger partial charge in [-0.2, -0.15) is 0 Å². The Balaban J connectivity index is 1.25. The SMILES string of the molecule is Cc1ccc2nc(NC(=O)C3CN(c4nc5ccc(F)cc5s4)C3)sc2c1. The summed E-state index contributed by atoms with van der Waals surface area (Å²) in [6.07, 6.45) is 0. The van der Waals surface area contributed by atoms with Gasteiger partial charge in [-0.3, -0.25) is 4.79 Å². The van der Waals surface area contributed by atoms with Crippen molar-refractivity contribution in [2.24, 2.45) is 5.92 Å². The molecule has 1 saturated heterocycles.